The van der Waals surface area contributed by atoms with Crippen LogP contribution in [0.4, 0.5) is 0 Å². The van der Waals surface area contributed by atoms with Crippen LogP contribution >= 0.6 is 0 Å². The van der Waals surface area contributed by atoms with Gasteiger partial charge < -0.3 is 9.80 Å². The fourth-order valence-electron chi connectivity index (χ4n) is 3.49. The lowest BCUT2D eigenvalue weighted by Gasteiger charge is -2.27. The normalized spacial score (nSPS) is 22.0. The van der Waals surface area contributed by atoms with Crippen molar-refractivity contribution < 1.29 is 9.59 Å². The Hall–Kier alpha value is -1.06. The molecule has 2 amide bonds. The third-order valence-corrected chi connectivity index (χ3v) is 4.77. The number of carbonyl (C=O) groups is 2. The summed E-state index contributed by atoms with van der Waals surface area (Å²) in [7, 11) is 0. The number of unbranched alkanes of at least 4 members (excludes halogenated alkanes) is 4. The molecule has 0 aliphatic carbocycles. The van der Waals surface area contributed by atoms with E-state index >= 15 is 0 Å². The highest BCUT2D eigenvalue weighted by atomic mass is 16.2. The van der Waals surface area contributed by atoms with Gasteiger partial charge in [-0.25, -0.2) is 0 Å². The first kappa shape index (κ1) is 16.3. The van der Waals surface area contributed by atoms with E-state index in [9.17, 15) is 9.59 Å². The largest absolute Gasteiger partial charge is 0.341 e. The van der Waals surface area contributed by atoms with Gasteiger partial charge in [-0.2, -0.15) is 0 Å². The van der Waals surface area contributed by atoms with Gasteiger partial charge in [0.15, 0.2) is 0 Å². The Labute approximate surface area is 128 Å². The van der Waals surface area contributed by atoms with Gasteiger partial charge in [0.1, 0.15) is 6.04 Å². The first-order valence-electron chi connectivity index (χ1n) is 8.82. The highest BCUT2D eigenvalue weighted by Gasteiger charge is 2.36. The molecule has 2 rings (SSSR count). The quantitative estimate of drug-likeness (QED) is 0.677. The Bertz CT molecular complexity index is 351. The molecule has 120 valence electrons. The molecule has 1 atom stereocenters. The maximum Gasteiger partial charge on any atom is 0.245 e. The first-order chi connectivity index (χ1) is 10.2. The van der Waals surface area contributed by atoms with E-state index in [4.69, 9.17) is 0 Å². The lowest BCUT2D eigenvalue weighted by atomic mass is 10.1. The molecule has 0 bridgehead atoms. The second-order valence-electron chi connectivity index (χ2n) is 6.44. The molecule has 0 unspecified atom stereocenters. The fourth-order valence-corrected chi connectivity index (χ4v) is 3.49. The van der Waals surface area contributed by atoms with Crippen LogP contribution in [0.3, 0.4) is 0 Å². The summed E-state index contributed by atoms with van der Waals surface area (Å²) in [5.41, 5.74) is 0. The summed E-state index contributed by atoms with van der Waals surface area (Å²) in [6, 6.07) is -0.161. The van der Waals surface area contributed by atoms with Gasteiger partial charge in [-0.3, -0.25) is 9.59 Å². The molecule has 2 aliphatic rings. The van der Waals surface area contributed by atoms with E-state index in [1.807, 2.05) is 9.80 Å². The van der Waals surface area contributed by atoms with E-state index in [2.05, 4.69) is 6.92 Å². The standard InChI is InChI=1S/C17H30N2O2/c1-2-3-4-5-6-11-16(20)19-14-9-10-15(19)17(21)18-12-7-8-13-18/h15H,2-14H2,1H3/t15-/m0/s1. The number of likely N-dealkylation sites (tertiary alicyclic amines) is 2. The van der Waals surface area contributed by atoms with Gasteiger partial charge in [0.05, 0.1) is 0 Å². The predicted molar refractivity (Wildman–Crippen MR) is 83.9 cm³/mol. The van der Waals surface area contributed by atoms with Crippen molar-refractivity contribution >= 4 is 11.8 Å². The predicted octanol–water partition coefficient (Wildman–Crippen LogP) is 2.96. The van der Waals surface area contributed by atoms with E-state index in [-0.39, 0.29) is 17.9 Å². The third kappa shape index (κ3) is 4.45. The molecule has 2 saturated heterocycles. The summed E-state index contributed by atoms with van der Waals surface area (Å²) in [6.07, 6.45) is 10.5. The number of hydrogen-bond donors (Lipinski definition) is 0. The Morgan fingerprint density at radius 1 is 0.952 bits per heavy atom. The van der Waals surface area contributed by atoms with Crippen LogP contribution in [0.15, 0.2) is 0 Å². The molecular formula is C17H30N2O2. The molecule has 2 fully saturated rings. The van der Waals surface area contributed by atoms with E-state index in [1.54, 1.807) is 0 Å². The smallest absolute Gasteiger partial charge is 0.245 e. The Balaban J connectivity index is 1.77. The minimum atomic E-state index is -0.161. The maximum atomic E-state index is 12.5. The van der Waals surface area contributed by atoms with E-state index in [0.717, 1.165) is 58.2 Å². The Morgan fingerprint density at radius 2 is 1.67 bits per heavy atom. The zero-order valence-electron chi connectivity index (χ0n) is 13.5. The molecular weight excluding hydrogens is 264 g/mol. The summed E-state index contributed by atoms with van der Waals surface area (Å²) in [5.74, 6) is 0.394. The molecule has 0 aromatic heterocycles. The Morgan fingerprint density at radius 3 is 2.38 bits per heavy atom. The van der Waals surface area contributed by atoms with Crippen LogP contribution in [0.25, 0.3) is 0 Å². The molecule has 0 aromatic rings. The number of rotatable bonds is 7. The van der Waals surface area contributed by atoms with Crippen molar-refractivity contribution in [3.05, 3.63) is 0 Å². The van der Waals surface area contributed by atoms with Gasteiger partial charge in [-0.1, -0.05) is 32.6 Å². The molecule has 0 saturated carbocycles. The maximum absolute atomic E-state index is 12.5. The highest BCUT2D eigenvalue weighted by Crippen LogP contribution is 2.23. The van der Waals surface area contributed by atoms with Gasteiger partial charge in [-0.05, 0) is 32.1 Å². The fraction of sp³-hybridized carbons (Fsp3) is 0.882. The van der Waals surface area contributed by atoms with Crippen molar-refractivity contribution in [3.8, 4) is 0 Å². The van der Waals surface area contributed by atoms with E-state index < -0.39 is 0 Å². The van der Waals surface area contributed by atoms with Crippen molar-refractivity contribution in [1.29, 1.82) is 0 Å². The average Bonchev–Trinajstić information content (AvgIpc) is 3.17. The second kappa shape index (κ2) is 8.40. The minimum absolute atomic E-state index is 0.161. The molecule has 4 nitrogen and oxygen atoms in total. The number of carbonyl (C=O) groups excluding carboxylic acids is 2. The number of hydrogen-bond acceptors (Lipinski definition) is 2. The van der Waals surface area contributed by atoms with Crippen LogP contribution in [0.5, 0.6) is 0 Å². The van der Waals surface area contributed by atoms with E-state index in [1.165, 1.54) is 19.3 Å². The summed E-state index contributed by atoms with van der Waals surface area (Å²) in [4.78, 5) is 28.7. The van der Waals surface area contributed by atoms with Crippen LogP contribution in [0.1, 0.15) is 71.1 Å². The summed E-state index contributed by atoms with van der Waals surface area (Å²) in [6.45, 7) is 4.74. The topological polar surface area (TPSA) is 40.6 Å². The van der Waals surface area contributed by atoms with Crippen LogP contribution < -0.4 is 0 Å². The lowest BCUT2D eigenvalue weighted by Crippen LogP contribution is -2.46. The first-order valence-corrected chi connectivity index (χ1v) is 8.82. The average molecular weight is 294 g/mol. The number of nitrogens with zero attached hydrogens (tertiary/aromatic N) is 2. The van der Waals surface area contributed by atoms with E-state index in [0.29, 0.717) is 6.42 Å². The molecule has 2 heterocycles. The van der Waals surface area contributed by atoms with Crippen molar-refractivity contribution in [2.24, 2.45) is 0 Å². The van der Waals surface area contributed by atoms with Crippen LogP contribution in [-0.2, 0) is 9.59 Å². The van der Waals surface area contributed by atoms with Gasteiger partial charge in [0.2, 0.25) is 11.8 Å². The molecule has 4 heteroatoms. The van der Waals surface area contributed by atoms with Crippen molar-refractivity contribution in [2.75, 3.05) is 19.6 Å². The SMILES string of the molecule is CCCCCCCC(=O)N1CCC[C@H]1C(=O)N1CCCC1. The molecule has 0 aromatic carbocycles. The third-order valence-electron chi connectivity index (χ3n) is 4.77. The van der Waals surface area contributed by atoms with Gasteiger partial charge >= 0.3 is 0 Å². The van der Waals surface area contributed by atoms with Gasteiger partial charge in [-0.15, -0.1) is 0 Å². The highest BCUT2D eigenvalue weighted by molar-refractivity contribution is 5.88. The monoisotopic (exact) mass is 294 g/mol. The van der Waals surface area contributed by atoms with Crippen LogP contribution in [0.2, 0.25) is 0 Å². The van der Waals surface area contributed by atoms with Crippen molar-refractivity contribution in [3.63, 3.8) is 0 Å². The van der Waals surface area contributed by atoms with Crippen LogP contribution in [-0.4, -0.2) is 47.3 Å². The summed E-state index contributed by atoms with van der Waals surface area (Å²) in [5, 5.41) is 0. The Kier molecular flexibility index (Phi) is 6.52. The van der Waals surface area contributed by atoms with Crippen LogP contribution in [0, 0.1) is 0 Å². The van der Waals surface area contributed by atoms with Gasteiger partial charge in [0, 0.05) is 26.1 Å². The van der Waals surface area contributed by atoms with Gasteiger partial charge in [0.25, 0.3) is 0 Å². The molecule has 2 aliphatic heterocycles. The molecule has 0 spiro atoms. The summed E-state index contributed by atoms with van der Waals surface area (Å²) < 4.78 is 0. The lowest BCUT2D eigenvalue weighted by molar-refractivity contribution is -0.143. The number of amides is 2. The second-order valence-corrected chi connectivity index (χ2v) is 6.44. The summed E-state index contributed by atoms with van der Waals surface area (Å²) >= 11 is 0. The van der Waals surface area contributed by atoms with Crippen molar-refractivity contribution in [1.82, 2.24) is 9.80 Å². The molecule has 0 N–H and O–H groups in total. The zero-order valence-corrected chi connectivity index (χ0v) is 13.5. The molecule has 21 heavy (non-hydrogen) atoms. The zero-order chi connectivity index (χ0) is 15.1. The van der Waals surface area contributed by atoms with Crippen molar-refractivity contribution in [2.45, 2.75) is 77.2 Å². The minimum Gasteiger partial charge on any atom is -0.341 e. The molecule has 0 radical (unpaired) electrons.